The van der Waals surface area contributed by atoms with E-state index in [0.717, 1.165) is 0 Å². The smallest absolute Gasteiger partial charge is 0.232 e. The van der Waals surface area contributed by atoms with Gasteiger partial charge >= 0.3 is 0 Å². The predicted octanol–water partition coefficient (Wildman–Crippen LogP) is 2.50. The molecule has 1 N–H and O–H groups in total. The molecule has 1 aromatic heterocycles. The van der Waals surface area contributed by atoms with Crippen LogP contribution in [0.25, 0.3) is 11.3 Å². The molecule has 0 fully saturated rings. The van der Waals surface area contributed by atoms with Crippen LogP contribution in [0.4, 0.5) is 0 Å². The van der Waals surface area contributed by atoms with Gasteiger partial charge in [0.25, 0.3) is 0 Å². The lowest BCUT2D eigenvalue weighted by Crippen LogP contribution is -1.93. The average Bonchev–Trinajstić information content (AvgIpc) is 2.78. The monoisotopic (exact) mass is 269 g/mol. The lowest BCUT2D eigenvalue weighted by atomic mass is 10.1. The number of methoxy groups -OCH3 is 2. The molecule has 0 amide bonds. The largest absolute Gasteiger partial charge is 0.497 e. The molecule has 0 aliphatic rings. The summed E-state index contributed by atoms with van der Waals surface area (Å²) in [5, 5.41) is 13.2. The maximum absolute atomic E-state index is 9.28. The van der Waals surface area contributed by atoms with Crippen molar-refractivity contribution in [2.45, 2.75) is 6.61 Å². The molecule has 0 aliphatic carbocycles. The van der Waals surface area contributed by atoms with Crippen LogP contribution in [0, 0.1) is 0 Å². The number of rotatable bonds is 4. The van der Waals surface area contributed by atoms with Crippen LogP contribution in [0.5, 0.6) is 11.5 Å². The maximum Gasteiger partial charge on any atom is 0.232 e. The first-order valence-corrected chi connectivity index (χ1v) is 5.56. The molecule has 6 heteroatoms. The molecule has 0 atom stereocenters. The third-order valence-corrected chi connectivity index (χ3v) is 2.86. The van der Waals surface area contributed by atoms with Crippen molar-refractivity contribution < 1.29 is 19.1 Å². The standard InChI is InChI=1S/C12H12ClNO4/c1-16-7-3-4-10(17-2)8(5-7)11-9(6-15)12(13)18-14-11/h3-5,15H,6H2,1-2H3. The van der Waals surface area contributed by atoms with Crippen LogP contribution in [-0.2, 0) is 6.61 Å². The summed E-state index contributed by atoms with van der Waals surface area (Å²) in [6, 6.07) is 5.26. The lowest BCUT2D eigenvalue weighted by Gasteiger charge is -2.09. The zero-order valence-corrected chi connectivity index (χ0v) is 10.7. The van der Waals surface area contributed by atoms with E-state index >= 15 is 0 Å². The fraction of sp³-hybridized carbons (Fsp3) is 0.250. The molecule has 0 saturated carbocycles. The van der Waals surface area contributed by atoms with Crippen molar-refractivity contribution >= 4 is 11.6 Å². The van der Waals surface area contributed by atoms with Crippen LogP contribution >= 0.6 is 11.6 Å². The van der Waals surface area contributed by atoms with Crippen LogP contribution in [-0.4, -0.2) is 24.5 Å². The SMILES string of the molecule is COc1ccc(OC)c(-c2noc(Cl)c2CO)c1. The van der Waals surface area contributed by atoms with E-state index in [9.17, 15) is 5.11 Å². The van der Waals surface area contributed by atoms with Gasteiger partial charge in [-0.15, -0.1) is 0 Å². The van der Waals surface area contributed by atoms with E-state index in [1.165, 1.54) is 0 Å². The second kappa shape index (κ2) is 5.29. The summed E-state index contributed by atoms with van der Waals surface area (Å²) in [4.78, 5) is 0. The summed E-state index contributed by atoms with van der Waals surface area (Å²) in [5.41, 5.74) is 1.51. The van der Waals surface area contributed by atoms with E-state index < -0.39 is 0 Å². The Hall–Kier alpha value is -1.72. The van der Waals surface area contributed by atoms with E-state index in [1.54, 1.807) is 32.4 Å². The molecule has 0 bridgehead atoms. The van der Waals surface area contributed by atoms with E-state index in [0.29, 0.717) is 28.3 Å². The molecule has 0 spiro atoms. The zero-order chi connectivity index (χ0) is 13.1. The van der Waals surface area contributed by atoms with E-state index in [-0.39, 0.29) is 11.8 Å². The molecule has 96 valence electrons. The highest BCUT2D eigenvalue weighted by Gasteiger charge is 2.19. The molecule has 1 aromatic carbocycles. The quantitative estimate of drug-likeness (QED) is 0.924. The minimum atomic E-state index is -0.266. The number of ether oxygens (including phenoxy) is 2. The lowest BCUT2D eigenvalue weighted by molar-refractivity contribution is 0.281. The van der Waals surface area contributed by atoms with Gasteiger partial charge in [-0.1, -0.05) is 5.16 Å². The van der Waals surface area contributed by atoms with Crippen LogP contribution in [0.15, 0.2) is 22.7 Å². The van der Waals surface area contributed by atoms with Crippen molar-refractivity contribution in [3.63, 3.8) is 0 Å². The number of aliphatic hydroxyl groups excluding tert-OH is 1. The average molecular weight is 270 g/mol. The Bertz CT molecular complexity index is 553. The van der Waals surface area contributed by atoms with Crippen molar-refractivity contribution in [1.82, 2.24) is 5.16 Å². The number of aromatic nitrogens is 1. The normalized spacial score (nSPS) is 10.4. The Morgan fingerprint density at radius 1 is 1.33 bits per heavy atom. The van der Waals surface area contributed by atoms with Crippen LogP contribution in [0.2, 0.25) is 5.22 Å². The van der Waals surface area contributed by atoms with Crippen molar-refractivity contribution in [3.8, 4) is 22.8 Å². The molecule has 5 nitrogen and oxygen atoms in total. The summed E-state index contributed by atoms with van der Waals surface area (Å²) in [5.74, 6) is 1.24. The van der Waals surface area contributed by atoms with Gasteiger partial charge in [0, 0.05) is 5.56 Å². The van der Waals surface area contributed by atoms with Gasteiger partial charge in [0.15, 0.2) is 0 Å². The summed E-state index contributed by atoms with van der Waals surface area (Å²) in [7, 11) is 3.11. The number of aliphatic hydroxyl groups is 1. The zero-order valence-electron chi connectivity index (χ0n) is 9.94. The van der Waals surface area contributed by atoms with Gasteiger partial charge in [-0.25, -0.2) is 0 Å². The van der Waals surface area contributed by atoms with Gasteiger partial charge in [0.1, 0.15) is 17.2 Å². The number of halogens is 1. The molecule has 0 saturated heterocycles. The van der Waals surface area contributed by atoms with Gasteiger partial charge in [-0.3, -0.25) is 0 Å². The molecule has 18 heavy (non-hydrogen) atoms. The number of hydrogen-bond acceptors (Lipinski definition) is 5. The van der Waals surface area contributed by atoms with Crippen molar-refractivity contribution in [2.24, 2.45) is 0 Å². The topological polar surface area (TPSA) is 64.7 Å². The fourth-order valence-electron chi connectivity index (χ4n) is 1.64. The van der Waals surface area contributed by atoms with Gasteiger partial charge in [-0.2, -0.15) is 0 Å². The predicted molar refractivity (Wildman–Crippen MR) is 66.0 cm³/mol. The number of benzene rings is 1. The first kappa shape index (κ1) is 12.7. The van der Waals surface area contributed by atoms with Crippen LogP contribution in [0.1, 0.15) is 5.56 Å². The summed E-state index contributed by atoms with van der Waals surface area (Å²) < 4.78 is 15.3. The molecule has 2 aromatic rings. The Labute approximate surface area is 109 Å². The van der Waals surface area contributed by atoms with Crippen LogP contribution in [0.3, 0.4) is 0 Å². The summed E-state index contributed by atoms with van der Waals surface area (Å²) in [6.45, 7) is -0.266. The first-order valence-electron chi connectivity index (χ1n) is 5.18. The molecule has 0 aliphatic heterocycles. The van der Waals surface area contributed by atoms with Gasteiger partial charge in [0.2, 0.25) is 5.22 Å². The minimum absolute atomic E-state index is 0.0670. The fourth-order valence-corrected chi connectivity index (χ4v) is 1.82. The van der Waals surface area contributed by atoms with Crippen molar-refractivity contribution in [3.05, 3.63) is 29.0 Å². The second-order valence-corrected chi connectivity index (χ2v) is 3.85. The van der Waals surface area contributed by atoms with Gasteiger partial charge in [-0.05, 0) is 29.8 Å². The van der Waals surface area contributed by atoms with Crippen LogP contribution < -0.4 is 9.47 Å². The van der Waals surface area contributed by atoms with Crippen molar-refractivity contribution in [2.75, 3.05) is 14.2 Å². The highest BCUT2D eigenvalue weighted by molar-refractivity contribution is 6.29. The summed E-state index contributed by atoms with van der Waals surface area (Å²) in [6.07, 6.45) is 0. The highest BCUT2D eigenvalue weighted by atomic mass is 35.5. The third-order valence-electron chi connectivity index (χ3n) is 2.56. The molecule has 1 heterocycles. The Kier molecular flexibility index (Phi) is 3.74. The number of hydrogen-bond donors (Lipinski definition) is 1. The molecule has 0 unspecified atom stereocenters. The second-order valence-electron chi connectivity index (χ2n) is 3.51. The van der Waals surface area contributed by atoms with E-state index in [4.69, 9.17) is 25.6 Å². The molecular weight excluding hydrogens is 258 g/mol. The maximum atomic E-state index is 9.28. The van der Waals surface area contributed by atoms with Crippen molar-refractivity contribution in [1.29, 1.82) is 0 Å². The van der Waals surface area contributed by atoms with E-state index in [2.05, 4.69) is 5.16 Å². The van der Waals surface area contributed by atoms with Gasteiger partial charge < -0.3 is 19.1 Å². The molecular formula is C12H12ClNO4. The Balaban J connectivity index is 2.60. The Morgan fingerprint density at radius 3 is 2.72 bits per heavy atom. The Morgan fingerprint density at radius 2 is 2.11 bits per heavy atom. The third kappa shape index (κ3) is 2.14. The number of nitrogens with zero attached hydrogens (tertiary/aromatic N) is 1. The van der Waals surface area contributed by atoms with Gasteiger partial charge in [0.05, 0.1) is 26.4 Å². The van der Waals surface area contributed by atoms with E-state index in [1.807, 2.05) is 0 Å². The summed E-state index contributed by atoms with van der Waals surface area (Å²) >= 11 is 5.80. The minimum Gasteiger partial charge on any atom is -0.497 e. The molecule has 2 rings (SSSR count). The first-order chi connectivity index (χ1) is 8.71. The molecule has 0 radical (unpaired) electrons. The highest BCUT2D eigenvalue weighted by Crippen LogP contribution is 2.36.